The van der Waals surface area contributed by atoms with Gasteiger partial charge in [0.2, 0.25) is 5.91 Å². The quantitative estimate of drug-likeness (QED) is 0.761. The van der Waals surface area contributed by atoms with E-state index in [4.69, 9.17) is 0 Å². The van der Waals surface area contributed by atoms with Crippen molar-refractivity contribution in [2.45, 2.75) is 33.2 Å². The minimum Gasteiger partial charge on any atom is -0.311 e. The van der Waals surface area contributed by atoms with Crippen LogP contribution in [0.4, 0.5) is 5.82 Å². The number of nitrogens with zero attached hydrogens (tertiary/aromatic N) is 3. The third-order valence-electron chi connectivity index (χ3n) is 3.59. The van der Waals surface area contributed by atoms with Crippen molar-refractivity contribution in [3.8, 4) is 10.6 Å². The summed E-state index contributed by atoms with van der Waals surface area (Å²) in [5.41, 5.74) is 3.07. The molecule has 3 aromatic rings. The van der Waals surface area contributed by atoms with E-state index < -0.39 is 0 Å². The van der Waals surface area contributed by atoms with E-state index in [1.54, 1.807) is 28.3 Å². The molecule has 0 saturated heterocycles. The van der Waals surface area contributed by atoms with E-state index in [1.807, 2.05) is 31.4 Å². The largest absolute Gasteiger partial charge is 0.311 e. The Bertz CT molecular complexity index is 850. The van der Waals surface area contributed by atoms with Gasteiger partial charge < -0.3 is 5.32 Å². The highest BCUT2D eigenvalue weighted by Crippen LogP contribution is 2.24. The molecule has 5 nitrogen and oxygen atoms in total. The minimum absolute atomic E-state index is 0.0847. The number of hydrogen-bond donors (Lipinski definition) is 1. The molecule has 0 saturated carbocycles. The number of rotatable bonds is 5. The van der Waals surface area contributed by atoms with Crippen LogP contribution in [-0.2, 0) is 11.2 Å². The van der Waals surface area contributed by atoms with Crippen molar-refractivity contribution in [3.05, 3.63) is 53.2 Å². The summed E-state index contributed by atoms with van der Waals surface area (Å²) in [6, 6.07) is 10.2. The fraction of sp³-hybridized carbons (Fsp3) is 0.278. The van der Waals surface area contributed by atoms with Crippen LogP contribution in [-0.4, -0.2) is 20.7 Å². The van der Waals surface area contributed by atoms with E-state index in [-0.39, 0.29) is 18.4 Å². The maximum absolute atomic E-state index is 12.3. The lowest BCUT2D eigenvalue weighted by molar-refractivity contribution is -0.115. The smallest absolute Gasteiger partial charge is 0.231 e. The fourth-order valence-corrected chi connectivity index (χ4v) is 3.29. The summed E-state index contributed by atoms with van der Waals surface area (Å²) in [7, 11) is 0. The number of thiazole rings is 1. The van der Waals surface area contributed by atoms with Crippen LogP contribution in [0.2, 0.25) is 0 Å². The van der Waals surface area contributed by atoms with Gasteiger partial charge in [-0.3, -0.25) is 4.79 Å². The average molecular weight is 340 g/mol. The first-order valence-electron chi connectivity index (χ1n) is 7.88. The number of aryl methyl sites for hydroxylation is 1. The zero-order valence-corrected chi connectivity index (χ0v) is 14.8. The summed E-state index contributed by atoms with van der Waals surface area (Å²) in [5.74, 6) is 0.627. The molecular formula is C18H20N4OS. The molecule has 124 valence electrons. The highest BCUT2D eigenvalue weighted by Gasteiger charge is 2.12. The first kappa shape index (κ1) is 16.4. The molecule has 0 bridgehead atoms. The average Bonchev–Trinajstić information content (AvgIpc) is 3.16. The van der Waals surface area contributed by atoms with Crippen molar-refractivity contribution in [2.75, 3.05) is 5.32 Å². The first-order chi connectivity index (χ1) is 11.5. The van der Waals surface area contributed by atoms with Gasteiger partial charge in [0.1, 0.15) is 10.8 Å². The number of hydrogen-bond acceptors (Lipinski definition) is 4. The van der Waals surface area contributed by atoms with Crippen LogP contribution in [0.15, 0.2) is 41.9 Å². The summed E-state index contributed by atoms with van der Waals surface area (Å²) >= 11 is 1.56. The van der Waals surface area contributed by atoms with Gasteiger partial charge in [-0.05, 0) is 26.8 Å². The third kappa shape index (κ3) is 3.71. The van der Waals surface area contributed by atoms with Gasteiger partial charge in [-0.25, -0.2) is 9.67 Å². The Labute approximate surface area is 145 Å². The van der Waals surface area contributed by atoms with Crippen molar-refractivity contribution in [2.24, 2.45) is 0 Å². The van der Waals surface area contributed by atoms with Crippen LogP contribution >= 0.6 is 11.3 Å². The zero-order valence-electron chi connectivity index (χ0n) is 14.0. The Hall–Kier alpha value is -2.47. The molecule has 2 aromatic heterocycles. The van der Waals surface area contributed by atoms with Gasteiger partial charge in [-0.15, -0.1) is 11.3 Å². The normalized spacial score (nSPS) is 11.0. The number of carbonyl (C=O) groups is 1. The number of anilines is 1. The van der Waals surface area contributed by atoms with Crippen molar-refractivity contribution in [1.29, 1.82) is 0 Å². The van der Waals surface area contributed by atoms with Crippen molar-refractivity contribution < 1.29 is 4.79 Å². The third-order valence-corrected chi connectivity index (χ3v) is 4.53. The lowest BCUT2D eigenvalue weighted by Gasteiger charge is -2.11. The topological polar surface area (TPSA) is 59.8 Å². The minimum atomic E-state index is -0.0847. The number of amides is 1. The maximum atomic E-state index is 12.3. The van der Waals surface area contributed by atoms with Crippen molar-refractivity contribution >= 4 is 23.1 Å². The Balaban J connectivity index is 1.68. The SMILES string of the molecule is Cc1cccc(-c2nc(CC(=O)Nc3ccnn3C(C)C)cs2)c1. The van der Waals surface area contributed by atoms with Crippen LogP contribution < -0.4 is 5.32 Å². The predicted molar refractivity (Wildman–Crippen MR) is 97.2 cm³/mol. The molecule has 0 radical (unpaired) electrons. The van der Waals surface area contributed by atoms with E-state index in [0.29, 0.717) is 5.82 Å². The Kier molecular flexibility index (Phi) is 4.76. The molecule has 0 fully saturated rings. The summed E-state index contributed by atoms with van der Waals surface area (Å²) in [6.45, 7) is 6.11. The van der Waals surface area contributed by atoms with Gasteiger partial charge in [0.25, 0.3) is 0 Å². The monoisotopic (exact) mass is 340 g/mol. The van der Waals surface area contributed by atoms with Crippen molar-refractivity contribution in [3.63, 3.8) is 0 Å². The second kappa shape index (κ2) is 6.97. The molecular weight excluding hydrogens is 320 g/mol. The molecule has 0 aliphatic heterocycles. The second-order valence-corrected chi connectivity index (χ2v) is 6.85. The maximum Gasteiger partial charge on any atom is 0.231 e. The van der Waals surface area contributed by atoms with Crippen LogP contribution in [0.25, 0.3) is 10.6 Å². The molecule has 1 N–H and O–H groups in total. The fourth-order valence-electron chi connectivity index (χ4n) is 2.48. The van der Waals surface area contributed by atoms with Crippen LogP contribution in [0.1, 0.15) is 31.1 Å². The van der Waals surface area contributed by atoms with Crippen LogP contribution in [0.5, 0.6) is 0 Å². The zero-order chi connectivity index (χ0) is 17.1. The summed E-state index contributed by atoms with van der Waals surface area (Å²) in [6.07, 6.45) is 1.94. The van der Waals surface area contributed by atoms with E-state index in [1.165, 1.54) is 5.56 Å². The molecule has 0 unspecified atom stereocenters. The lowest BCUT2D eigenvalue weighted by atomic mass is 10.1. The van der Waals surface area contributed by atoms with E-state index >= 15 is 0 Å². The van der Waals surface area contributed by atoms with Crippen LogP contribution in [0, 0.1) is 6.92 Å². The van der Waals surface area contributed by atoms with E-state index in [9.17, 15) is 4.79 Å². The second-order valence-electron chi connectivity index (χ2n) is 5.99. The highest BCUT2D eigenvalue weighted by molar-refractivity contribution is 7.13. The number of aromatic nitrogens is 3. The molecule has 1 aromatic carbocycles. The van der Waals surface area contributed by atoms with Crippen LogP contribution in [0.3, 0.4) is 0 Å². The highest BCUT2D eigenvalue weighted by atomic mass is 32.1. The molecule has 24 heavy (non-hydrogen) atoms. The van der Waals surface area contributed by atoms with E-state index in [2.05, 4.69) is 34.5 Å². The van der Waals surface area contributed by atoms with Gasteiger partial charge in [-0.2, -0.15) is 5.10 Å². The van der Waals surface area contributed by atoms with E-state index in [0.717, 1.165) is 16.3 Å². The van der Waals surface area contributed by atoms with Gasteiger partial charge in [0.15, 0.2) is 0 Å². The van der Waals surface area contributed by atoms with Gasteiger partial charge >= 0.3 is 0 Å². The van der Waals surface area contributed by atoms with Crippen molar-refractivity contribution in [1.82, 2.24) is 14.8 Å². The molecule has 6 heteroatoms. The van der Waals surface area contributed by atoms with Gasteiger partial charge in [0.05, 0.1) is 18.3 Å². The Morgan fingerprint density at radius 1 is 1.33 bits per heavy atom. The summed E-state index contributed by atoms with van der Waals surface area (Å²) < 4.78 is 1.79. The Morgan fingerprint density at radius 2 is 2.17 bits per heavy atom. The lowest BCUT2D eigenvalue weighted by Crippen LogP contribution is -2.18. The molecule has 0 atom stereocenters. The predicted octanol–water partition coefficient (Wildman–Crippen LogP) is 4.08. The van der Waals surface area contributed by atoms with Gasteiger partial charge in [-0.1, -0.05) is 23.8 Å². The number of carbonyl (C=O) groups excluding carboxylic acids is 1. The van der Waals surface area contributed by atoms with Gasteiger partial charge in [0, 0.05) is 23.1 Å². The molecule has 0 aliphatic rings. The summed E-state index contributed by atoms with van der Waals surface area (Å²) in [4.78, 5) is 16.9. The molecule has 0 aliphatic carbocycles. The number of nitrogens with one attached hydrogen (secondary N) is 1. The molecule has 0 spiro atoms. The molecule has 1 amide bonds. The number of benzene rings is 1. The summed E-state index contributed by atoms with van der Waals surface area (Å²) in [5, 5.41) is 10.0. The molecule has 3 rings (SSSR count). The standard InChI is InChI=1S/C18H20N4OS/c1-12(2)22-16(7-8-19-22)21-17(23)10-15-11-24-18(20-15)14-6-4-5-13(3)9-14/h4-9,11-12H,10H2,1-3H3,(H,21,23). The molecule has 2 heterocycles. The first-order valence-corrected chi connectivity index (χ1v) is 8.75. The Morgan fingerprint density at radius 3 is 2.92 bits per heavy atom.